The molecule has 3 aromatic rings. The maximum absolute atomic E-state index is 12.6. The van der Waals surface area contributed by atoms with Crippen molar-refractivity contribution in [2.24, 2.45) is 5.92 Å². The minimum atomic E-state index is 0.0169. The van der Waals surface area contributed by atoms with Crippen LogP contribution in [0.5, 0.6) is 0 Å². The molecule has 1 fully saturated rings. The van der Waals surface area contributed by atoms with Crippen LogP contribution >= 0.6 is 11.6 Å². The summed E-state index contributed by atoms with van der Waals surface area (Å²) in [4.78, 5) is 14.8. The first-order valence-electron chi connectivity index (χ1n) is 10.3. The quantitative estimate of drug-likeness (QED) is 0.653. The predicted octanol–water partition coefficient (Wildman–Crippen LogP) is 4.64. The number of anilines is 1. The Morgan fingerprint density at radius 3 is 2.57 bits per heavy atom. The summed E-state index contributed by atoms with van der Waals surface area (Å²) in [5.74, 6) is 0.972. The molecule has 1 amide bonds. The Bertz CT molecular complexity index is 1010. The molecule has 1 aliphatic rings. The van der Waals surface area contributed by atoms with Gasteiger partial charge in [-0.2, -0.15) is 0 Å². The molecule has 0 spiro atoms. The van der Waals surface area contributed by atoms with Crippen molar-refractivity contribution in [1.29, 1.82) is 0 Å². The summed E-state index contributed by atoms with van der Waals surface area (Å²) in [5, 5.41) is 12.5. The fourth-order valence-corrected chi connectivity index (χ4v) is 3.99. The van der Waals surface area contributed by atoms with Crippen LogP contribution in [0.1, 0.15) is 24.0 Å². The molecule has 0 aliphatic carbocycles. The molecule has 0 saturated carbocycles. The highest BCUT2D eigenvalue weighted by Gasteiger charge is 2.25. The zero-order valence-corrected chi connectivity index (χ0v) is 17.8. The molecule has 2 heterocycles. The molecule has 5 nitrogen and oxygen atoms in total. The number of benzene rings is 2. The molecule has 1 aromatic heterocycles. The van der Waals surface area contributed by atoms with Crippen LogP contribution in [-0.2, 0) is 11.3 Å². The number of hydrogen-bond acceptors (Lipinski definition) is 4. The van der Waals surface area contributed by atoms with Crippen molar-refractivity contribution in [3.05, 3.63) is 76.8 Å². The highest BCUT2D eigenvalue weighted by atomic mass is 35.5. The van der Waals surface area contributed by atoms with E-state index in [1.165, 1.54) is 5.56 Å². The van der Waals surface area contributed by atoms with Gasteiger partial charge in [0.1, 0.15) is 0 Å². The van der Waals surface area contributed by atoms with E-state index in [2.05, 4.69) is 39.5 Å². The number of amides is 1. The fraction of sp³-hybridized carbons (Fsp3) is 0.292. The van der Waals surface area contributed by atoms with Crippen LogP contribution in [0.3, 0.4) is 0 Å². The third-order valence-electron chi connectivity index (χ3n) is 5.56. The monoisotopic (exact) mass is 420 g/mol. The highest BCUT2D eigenvalue weighted by Crippen LogP contribution is 2.24. The van der Waals surface area contributed by atoms with Gasteiger partial charge in [-0.05, 0) is 49.6 Å². The van der Waals surface area contributed by atoms with E-state index >= 15 is 0 Å². The molecule has 0 radical (unpaired) electrons. The summed E-state index contributed by atoms with van der Waals surface area (Å²) in [7, 11) is 0. The largest absolute Gasteiger partial charge is 0.355 e. The molecular weight excluding hydrogens is 396 g/mol. The number of halogens is 1. The third kappa shape index (κ3) is 4.79. The van der Waals surface area contributed by atoms with Gasteiger partial charge in [0.05, 0.1) is 5.69 Å². The molecule has 1 aliphatic heterocycles. The van der Waals surface area contributed by atoms with E-state index in [1.807, 2.05) is 48.5 Å². The Morgan fingerprint density at radius 2 is 1.87 bits per heavy atom. The number of carbonyl (C=O) groups excluding carboxylic acids is 1. The van der Waals surface area contributed by atoms with Crippen molar-refractivity contribution in [2.45, 2.75) is 26.3 Å². The van der Waals surface area contributed by atoms with E-state index in [0.717, 1.165) is 48.6 Å². The van der Waals surface area contributed by atoms with Gasteiger partial charge in [-0.25, -0.2) is 0 Å². The Kier molecular flexibility index (Phi) is 6.29. The second kappa shape index (κ2) is 9.26. The number of piperidine rings is 1. The van der Waals surface area contributed by atoms with Crippen LogP contribution in [0.25, 0.3) is 11.3 Å². The minimum Gasteiger partial charge on any atom is -0.355 e. The van der Waals surface area contributed by atoms with Crippen molar-refractivity contribution in [3.8, 4) is 11.3 Å². The number of carbonyl (C=O) groups is 1. The second-order valence-electron chi connectivity index (χ2n) is 7.72. The maximum Gasteiger partial charge on any atom is 0.223 e. The molecule has 1 saturated heterocycles. The molecular formula is C24H25ClN4O. The SMILES string of the molecule is Cc1cccc(-c2ccc(N3CCC(C(=O)NCc4ccccc4Cl)CC3)nn2)c1. The molecule has 154 valence electrons. The summed E-state index contributed by atoms with van der Waals surface area (Å²) in [5.41, 5.74) is 4.08. The van der Waals surface area contributed by atoms with Crippen LogP contribution in [0, 0.1) is 12.8 Å². The van der Waals surface area contributed by atoms with Crippen LogP contribution in [-0.4, -0.2) is 29.2 Å². The highest BCUT2D eigenvalue weighted by molar-refractivity contribution is 6.31. The molecule has 30 heavy (non-hydrogen) atoms. The van der Waals surface area contributed by atoms with Crippen molar-refractivity contribution >= 4 is 23.3 Å². The standard InChI is InChI=1S/C24H25ClN4O/c1-17-5-4-7-19(15-17)22-9-10-23(28-27-22)29-13-11-18(12-14-29)24(30)26-16-20-6-2-3-8-21(20)25/h2-10,15,18H,11-14,16H2,1H3,(H,26,30). The number of rotatable bonds is 5. The number of aromatic nitrogens is 2. The molecule has 4 rings (SSSR count). The van der Waals surface area contributed by atoms with Crippen LogP contribution < -0.4 is 10.2 Å². The smallest absolute Gasteiger partial charge is 0.223 e. The van der Waals surface area contributed by atoms with Gasteiger partial charge in [-0.1, -0.05) is 53.6 Å². The van der Waals surface area contributed by atoms with Gasteiger partial charge in [0.2, 0.25) is 5.91 Å². The Morgan fingerprint density at radius 1 is 1.07 bits per heavy atom. The van der Waals surface area contributed by atoms with E-state index < -0.39 is 0 Å². The van der Waals surface area contributed by atoms with Crippen molar-refractivity contribution in [2.75, 3.05) is 18.0 Å². The molecule has 0 unspecified atom stereocenters. The van der Waals surface area contributed by atoms with Crippen LogP contribution in [0.2, 0.25) is 5.02 Å². The van der Waals surface area contributed by atoms with E-state index in [9.17, 15) is 4.79 Å². The number of nitrogens with one attached hydrogen (secondary N) is 1. The summed E-state index contributed by atoms with van der Waals surface area (Å²) in [6, 6.07) is 19.9. The molecule has 6 heteroatoms. The summed E-state index contributed by atoms with van der Waals surface area (Å²) in [6.45, 7) is 4.12. The molecule has 2 aromatic carbocycles. The van der Waals surface area contributed by atoms with Crippen molar-refractivity contribution in [3.63, 3.8) is 0 Å². The molecule has 0 bridgehead atoms. The lowest BCUT2D eigenvalue weighted by Gasteiger charge is -2.31. The van der Waals surface area contributed by atoms with Gasteiger partial charge < -0.3 is 10.2 Å². The lowest BCUT2D eigenvalue weighted by Crippen LogP contribution is -2.40. The van der Waals surface area contributed by atoms with Gasteiger partial charge in [0.15, 0.2) is 5.82 Å². The first kappa shape index (κ1) is 20.4. The molecule has 0 atom stereocenters. The number of hydrogen-bond donors (Lipinski definition) is 1. The predicted molar refractivity (Wildman–Crippen MR) is 120 cm³/mol. The van der Waals surface area contributed by atoms with E-state index in [0.29, 0.717) is 11.6 Å². The topological polar surface area (TPSA) is 58.1 Å². The van der Waals surface area contributed by atoms with Gasteiger partial charge >= 0.3 is 0 Å². The van der Waals surface area contributed by atoms with Crippen LogP contribution in [0.4, 0.5) is 5.82 Å². The fourth-order valence-electron chi connectivity index (χ4n) is 3.79. The average molecular weight is 421 g/mol. The Hall–Kier alpha value is -2.92. The number of aryl methyl sites for hydroxylation is 1. The minimum absolute atomic E-state index is 0.0169. The van der Waals surface area contributed by atoms with Gasteiger partial charge in [0.25, 0.3) is 0 Å². The van der Waals surface area contributed by atoms with Gasteiger partial charge in [-0.3, -0.25) is 4.79 Å². The average Bonchev–Trinajstić information content (AvgIpc) is 2.78. The van der Waals surface area contributed by atoms with E-state index in [4.69, 9.17) is 11.6 Å². The normalized spacial score (nSPS) is 14.5. The number of nitrogens with zero attached hydrogens (tertiary/aromatic N) is 3. The van der Waals surface area contributed by atoms with Crippen molar-refractivity contribution < 1.29 is 4.79 Å². The summed E-state index contributed by atoms with van der Waals surface area (Å²) >= 11 is 6.17. The zero-order chi connectivity index (χ0) is 20.9. The second-order valence-corrected chi connectivity index (χ2v) is 8.12. The lowest BCUT2D eigenvalue weighted by atomic mass is 9.96. The van der Waals surface area contributed by atoms with Crippen molar-refractivity contribution in [1.82, 2.24) is 15.5 Å². The first-order chi connectivity index (χ1) is 14.6. The molecule has 1 N–H and O–H groups in total. The van der Waals surface area contributed by atoms with E-state index in [-0.39, 0.29) is 11.8 Å². The lowest BCUT2D eigenvalue weighted by molar-refractivity contribution is -0.125. The third-order valence-corrected chi connectivity index (χ3v) is 5.93. The summed E-state index contributed by atoms with van der Waals surface area (Å²) < 4.78 is 0. The summed E-state index contributed by atoms with van der Waals surface area (Å²) in [6.07, 6.45) is 1.60. The maximum atomic E-state index is 12.6. The first-order valence-corrected chi connectivity index (χ1v) is 10.6. The van der Waals surface area contributed by atoms with Gasteiger partial charge in [-0.15, -0.1) is 10.2 Å². The van der Waals surface area contributed by atoms with Crippen LogP contribution in [0.15, 0.2) is 60.7 Å². The van der Waals surface area contributed by atoms with Gasteiger partial charge in [0, 0.05) is 36.1 Å². The Balaban J connectivity index is 1.31. The zero-order valence-electron chi connectivity index (χ0n) is 17.0. The van der Waals surface area contributed by atoms with E-state index in [1.54, 1.807) is 0 Å². The Labute approximate surface area is 182 Å².